The van der Waals surface area contributed by atoms with E-state index in [1.807, 2.05) is 26.1 Å². The van der Waals surface area contributed by atoms with Crippen molar-refractivity contribution in [1.29, 1.82) is 0 Å². The summed E-state index contributed by atoms with van der Waals surface area (Å²) in [6.45, 7) is 7.45. The SMILES string of the molecule is CCc1cccnc1CNCCC(=O)NC(C)C. The van der Waals surface area contributed by atoms with Gasteiger partial charge in [-0.1, -0.05) is 13.0 Å². The number of carbonyl (C=O) groups excluding carboxylic acids is 1. The van der Waals surface area contributed by atoms with Crippen LogP contribution >= 0.6 is 0 Å². The fraction of sp³-hybridized carbons (Fsp3) is 0.571. The molecule has 0 saturated heterocycles. The van der Waals surface area contributed by atoms with Crippen molar-refractivity contribution >= 4 is 5.91 Å². The lowest BCUT2D eigenvalue weighted by atomic mass is 10.1. The number of carbonyl (C=O) groups is 1. The first-order valence-corrected chi connectivity index (χ1v) is 6.56. The summed E-state index contributed by atoms with van der Waals surface area (Å²) in [7, 11) is 0. The van der Waals surface area contributed by atoms with Gasteiger partial charge in [-0.25, -0.2) is 0 Å². The largest absolute Gasteiger partial charge is 0.354 e. The molecule has 0 atom stereocenters. The summed E-state index contributed by atoms with van der Waals surface area (Å²) >= 11 is 0. The van der Waals surface area contributed by atoms with Crippen molar-refractivity contribution in [3.63, 3.8) is 0 Å². The molecule has 0 aliphatic carbocycles. The van der Waals surface area contributed by atoms with Crippen molar-refractivity contribution in [2.45, 2.75) is 46.2 Å². The van der Waals surface area contributed by atoms with Gasteiger partial charge in [-0.2, -0.15) is 0 Å². The standard InChI is InChI=1S/C14H23N3O/c1-4-12-6-5-8-16-13(12)10-15-9-7-14(18)17-11(2)3/h5-6,8,11,15H,4,7,9-10H2,1-3H3,(H,17,18). The van der Waals surface area contributed by atoms with Crippen LogP contribution in [0.2, 0.25) is 0 Å². The van der Waals surface area contributed by atoms with Gasteiger partial charge in [0.05, 0.1) is 5.69 Å². The van der Waals surface area contributed by atoms with Crippen LogP contribution in [-0.4, -0.2) is 23.5 Å². The maximum absolute atomic E-state index is 11.4. The molecule has 100 valence electrons. The summed E-state index contributed by atoms with van der Waals surface area (Å²) in [5.41, 5.74) is 2.33. The lowest BCUT2D eigenvalue weighted by Crippen LogP contribution is -2.32. The molecule has 2 N–H and O–H groups in total. The number of amides is 1. The Bertz CT molecular complexity index is 377. The van der Waals surface area contributed by atoms with Crippen LogP contribution in [0.1, 0.15) is 38.4 Å². The average Bonchev–Trinajstić information content (AvgIpc) is 2.34. The highest BCUT2D eigenvalue weighted by molar-refractivity contribution is 5.76. The van der Waals surface area contributed by atoms with Gasteiger partial charge in [0.25, 0.3) is 0 Å². The maximum atomic E-state index is 11.4. The molecule has 0 radical (unpaired) electrons. The predicted molar refractivity (Wildman–Crippen MR) is 73.2 cm³/mol. The minimum absolute atomic E-state index is 0.0919. The Hall–Kier alpha value is -1.42. The van der Waals surface area contributed by atoms with Crippen LogP contribution in [0.5, 0.6) is 0 Å². The van der Waals surface area contributed by atoms with E-state index in [-0.39, 0.29) is 11.9 Å². The lowest BCUT2D eigenvalue weighted by Gasteiger charge is -2.10. The van der Waals surface area contributed by atoms with Crippen molar-refractivity contribution < 1.29 is 4.79 Å². The minimum atomic E-state index is 0.0919. The number of aromatic nitrogens is 1. The molecule has 0 saturated carbocycles. The fourth-order valence-corrected chi connectivity index (χ4v) is 1.76. The Morgan fingerprint density at radius 2 is 2.22 bits per heavy atom. The van der Waals surface area contributed by atoms with E-state index in [0.29, 0.717) is 13.0 Å². The third kappa shape index (κ3) is 5.27. The zero-order chi connectivity index (χ0) is 13.4. The topological polar surface area (TPSA) is 54.0 Å². The van der Waals surface area contributed by atoms with Crippen LogP contribution < -0.4 is 10.6 Å². The Kier molecular flexibility index (Phi) is 6.36. The first-order valence-electron chi connectivity index (χ1n) is 6.56. The van der Waals surface area contributed by atoms with Gasteiger partial charge in [0.1, 0.15) is 0 Å². The molecule has 18 heavy (non-hydrogen) atoms. The Morgan fingerprint density at radius 3 is 2.89 bits per heavy atom. The Labute approximate surface area is 109 Å². The number of hydrogen-bond donors (Lipinski definition) is 2. The van der Waals surface area contributed by atoms with Crippen LogP contribution in [0, 0.1) is 0 Å². The maximum Gasteiger partial charge on any atom is 0.221 e. The first-order chi connectivity index (χ1) is 8.63. The molecule has 4 nitrogen and oxygen atoms in total. The van der Waals surface area contributed by atoms with E-state index in [1.165, 1.54) is 5.56 Å². The van der Waals surface area contributed by atoms with Gasteiger partial charge in [-0.15, -0.1) is 0 Å². The van der Waals surface area contributed by atoms with E-state index in [4.69, 9.17) is 0 Å². The highest BCUT2D eigenvalue weighted by Gasteiger charge is 2.04. The molecule has 0 aromatic carbocycles. The van der Waals surface area contributed by atoms with Gasteiger partial charge >= 0.3 is 0 Å². The zero-order valence-corrected chi connectivity index (χ0v) is 11.5. The number of nitrogens with one attached hydrogen (secondary N) is 2. The number of rotatable bonds is 7. The molecule has 0 bridgehead atoms. The highest BCUT2D eigenvalue weighted by Crippen LogP contribution is 2.05. The molecule has 1 rings (SSSR count). The molecule has 4 heteroatoms. The first kappa shape index (κ1) is 14.6. The summed E-state index contributed by atoms with van der Waals surface area (Å²) in [6.07, 6.45) is 3.30. The van der Waals surface area contributed by atoms with Gasteiger partial charge in [0.2, 0.25) is 5.91 Å². The minimum Gasteiger partial charge on any atom is -0.354 e. The Morgan fingerprint density at radius 1 is 1.44 bits per heavy atom. The summed E-state index contributed by atoms with van der Waals surface area (Å²) < 4.78 is 0. The number of aryl methyl sites for hydroxylation is 1. The zero-order valence-electron chi connectivity index (χ0n) is 11.5. The van der Waals surface area contributed by atoms with Crippen LogP contribution in [-0.2, 0) is 17.8 Å². The van der Waals surface area contributed by atoms with Crippen molar-refractivity contribution in [2.75, 3.05) is 6.54 Å². The van der Waals surface area contributed by atoms with Crippen LogP contribution in [0.25, 0.3) is 0 Å². The molecule has 0 fully saturated rings. The number of pyridine rings is 1. The van der Waals surface area contributed by atoms with Gasteiger partial charge in [-0.05, 0) is 31.9 Å². The van der Waals surface area contributed by atoms with Crippen molar-refractivity contribution in [1.82, 2.24) is 15.6 Å². The third-order valence-electron chi connectivity index (χ3n) is 2.64. The summed E-state index contributed by atoms with van der Waals surface area (Å²) in [4.78, 5) is 15.8. The van der Waals surface area contributed by atoms with Crippen LogP contribution in [0.15, 0.2) is 18.3 Å². The quantitative estimate of drug-likeness (QED) is 0.722. The van der Waals surface area contributed by atoms with Crippen molar-refractivity contribution in [2.24, 2.45) is 0 Å². The summed E-state index contributed by atoms with van der Waals surface area (Å²) in [5, 5.41) is 6.13. The predicted octanol–water partition coefficient (Wildman–Crippen LogP) is 1.65. The van der Waals surface area contributed by atoms with E-state index < -0.39 is 0 Å². The molecular formula is C14H23N3O. The molecule has 0 spiro atoms. The van der Waals surface area contributed by atoms with Gasteiger partial charge in [-0.3, -0.25) is 9.78 Å². The van der Waals surface area contributed by atoms with Crippen LogP contribution in [0.4, 0.5) is 0 Å². The number of nitrogens with zero attached hydrogens (tertiary/aromatic N) is 1. The second kappa shape index (κ2) is 7.82. The van der Waals surface area contributed by atoms with E-state index in [0.717, 1.165) is 18.7 Å². The molecule has 1 aromatic heterocycles. The van der Waals surface area contributed by atoms with E-state index >= 15 is 0 Å². The smallest absolute Gasteiger partial charge is 0.221 e. The summed E-state index contributed by atoms with van der Waals surface area (Å²) in [5.74, 6) is 0.0919. The van der Waals surface area contributed by atoms with E-state index in [1.54, 1.807) is 0 Å². The highest BCUT2D eigenvalue weighted by atomic mass is 16.1. The van der Waals surface area contributed by atoms with Gasteiger partial charge in [0, 0.05) is 31.7 Å². The third-order valence-corrected chi connectivity index (χ3v) is 2.64. The molecule has 1 aromatic rings. The molecule has 1 amide bonds. The molecule has 0 unspecified atom stereocenters. The second-order valence-corrected chi connectivity index (χ2v) is 4.61. The van der Waals surface area contributed by atoms with E-state index in [9.17, 15) is 4.79 Å². The normalized spacial score (nSPS) is 10.7. The van der Waals surface area contributed by atoms with Crippen molar-refractivity contribution in [3.05, 3.63) is 29.6 Å². The molecule has 0 aliphatic heterocycles. The molecule has 1 heterocycles. The van der Waals surface area contributed by atoms with Gasteiger partial charge < -0.3 is 10.6 Å². The van der Waals surface area contributed by atoms with Gasteiger partial charge in [0.15, 0.2) is 0 Å². The fourth-order valence-electron chi connectivity index (χ4n) is 1.76. The molecular weight excluding hydrogens is 226 g/mol. The second-order valence-electron chi connectivity index (χ2n) is 4.61. The monoisotopic (exact) mass is 249 g/mol. The van der Waals surface area contributed by atoms with Crippen LogP contribution in [0.3, 0.4) is 0 Å². The van der Waals surface area contributed by atoms with E-state index in [2.05, 4.69) is 28.6 Å². The van der Waals surface area contributed by atoms with Crippen molar-refractivity contribution in [3.8, 4) is 0 Å². The lowest BCUT2D eigenvalue weighted by molar-refractivity contribution is -0.121. The average molecular weight is 249 g/mol. The molecule has 0 aliphatic rings. The summed E-state index contributed by atoms with van der Waals surface area (Å²) in [6, 6.07) is 4.26. The Balaban J connectivity index is 2.27. The number of hydrogen-bond acceptors (Lipinski definition) is 3.